The molecule has 0 fully saturated rings. The van der Waals surface area contributed by atoms with Crippen LogP contribution in [0.1, 0.15) is 12.0 Å². The van der Waals surface area contributed by atoms with Crippen molar-refractivity contribution in [3.05, 3.63) is 42.5 Å². The van der Waals surface area contributed by atoms with E-state index in [1.54, 1.807) is 11.8 Å². The molecule has 0 aliphatic heterocycles. The standard InChI is InChI=1S/C11H14OS/c1-2-3-8-13-11-7-5-4-6-10(11)9-12/h2,4-7,12H,1,3,8-9H2. The van der Waals surface area contributed by atoms with Crippen LogP contribution in [-0.2, 0) is 6.61 Å². The summed E-state index contributed by atoms with van der Waals surface area (Å²) in [5, 5.41) is 9.04. The van der Waals surface area contributed by atoms with E-state index >= 15 is 0 Å². The Morgan fingerprint density at radius 1 is 1.38 bits per heavy atom. The van der Waals surface area contributed by atoms with Crippen molar-refractivity contribution in [3.8, 4) is 0 Å². The number of aliphatic hydroxyl groups excluding tert-OH is 1. The molecule has 0 amide bonds. The minimum Gasteiger partial charge on any atom is -0.392 e. The molecule has 0 radical (unpaired) electrons. The van der Waals surface area contributed by atoms with Crippen molar-refractivity contribution in [2.45, 2.75) is 17.9 Å². The second-order valence-corrected chi connectivity index (χ2v) is 3.83. The highest BCUT2D eigenvalue weighted by molar-refractivity contribution is 7.99. The number of rotatable bonds is 5. The minimum absolute atomic E-state index is 0.122. The zero-order chi connectivity index (χ0) is 9.52. The fourth-order valence-electron chi connectivity index (χ4n) is 1.03. The molecule has 0 spiro atoms. The van der Waals surface area contributed by atoms with Gasteiger partial charge in [0, 0.05) is 10.6 Å². The van der Waals surface area contributed by atoms with Gasteiger partial charge in [0.15, 0.2) is 0 Å². The molecule has 1 nitrogen and oxygen atoms in total. The lowest BCUT2D eigenvalue weighted by Crippen LogP contribution is -1.87. The quantitative estimate of drug-likeness (QED) is 0.442. The van der Waals surface area contributed by atoms with Crippen molar-refractivity contribution >= 4 is 11.8 Å². The maximum absolute atomic E-state index is 9.04. The highest BCUT2D eigenvalue weighted by Crippen LogP contribution is 2.23. The number of aliphatic hydroxyl groups is 1. The molecular weight excluding hydrogens is 180 g/mol. The first-order valence-electron chi connectivity index (χ1n) is 4.31. The lowest BCUT2D eigenvalue weighted by Gasteiger charge is -2.04. The Morgan fingerprint density at radius 2 is 2.15 bits per heavy atom. The Bertz CT molecular complexity index is 271. The van der Waals surface area contributed by atoms with Gasteiger partial charge in [-0.1, -0.05) is 24.3 Å². The lowest BCUT2D eigenvalue weighted by molar-refractivity contribution is 0.279. The molecule has 0 heterocycles. The molecule has 0 aromatic heterocycles. The fourth-order valence-corrected chi connectivity index (χ4v) is 2.02. The predicted octanol–water partition coefficient (Wildman–Crippen LogP) is 2.85. The van der Waals surface area contributed by atoms with Crippen LogP contribution in [0.3, 0.4) is 0 Å². The molecule has 0 saturated carbocycles. The number of hydrogen-bond acceptors (Lipinski definition) is 2. The highest BCUT2D eigenvalue weighted by Gasteiger charge is 1.99. The fraction of sp³-hybridized carbons (Fsp3) is 0.273. The minimum atomic E-state index is 0.122. The molecule has 1 N–H and O–H groups in total. The molecule has 0 unspecified atom stereocenters. The Labute approximate surface area is 83.5 Å². The van der Waals surface area contributed by atoms with E-state index in [9.17, 15) is 0 Å². The van der Waals surface area contributed by atoms with Gasteiger partial charge in [0.1, 0.15) is 0 Å². The van der Waals surface area contributed by atoms with Gasteiger partial charge >= 0.3 is 0 Å². The van der Waals surface area contributed by atoms with Gasteiger partial charge in [-0.3, -0.25) is 0 Å². The normalized spacial score (nSPS) is 9.92. The van der Waals surface area contributed by atoms with Gasteiger partial charge in [-0.15, -0.1) is 18.3 Å². The molecule has 0 aliphatic rings. The van der Waals surface area contributed by atoms with E-state index in [0.29, 0.717) is 0 Å². The van der Waals surface area contributed by atoms with E-state index in [4.69, 9.17) is 5.11 Å². The largest absolute Gasteiger partial charge is 0.392 e. The van der Waals surface area contributed by atoms with Crippen molar-refractivity contribution in [2.75, 3.05) is 5.75 Å². The van der Waals surface area contributed by atoms with Crippen LogP contribution in [0.15, 0.2) is 41.8 Å². The average molecular weight is 194 g/mol. The maximum atomic E-state index is 9.04. The molecule has 70 valence electrons. The molecular formula is C11H14OS. The van der Waals surface area contributed by atoms with Crippen molar-refractivity contribution in [1.29, 1.82) is 0 Å². The summed E-state index contributed by atoms with van der Waals surface area (Å²) in [7, 11) is 0. The van der Waals surface area contributed by atoms with Gasteiger partial charge in [-0.2, -0.15) is 0 Å². The van der Waals surface area contributed by atoms with Crippen LogP contribution < -0.4 is 0 Å². The Morgan fingerprint density at radius 3 is 2.85 bits per heavy atom. The smallest absolute Gasteiger partial charge is 0.0692 e. The summed E-state index contributed by atoms with van der Waals surface area (Å²) in [5.41, 5.74) is 1.01. The van der Waals surface area contributed by atoms with E-state index < -0.39 is 0 Å². The third-order valence-electron chi connectivity index (χ3n) is 1.72. The third-order valence-corrected chi connectivity index (χ3v) is 2.87. The van der Waals surface area contributed by atoms with E-state index in [1.807, 2.05) is 30.3 Å². The number of benzene rings is 1. The predicted molar refractivity (Wildman–Crippen MR) is 57.9 cm³/mol. The van der Waals surface area contributed by atoms with Gasteiger partial charge < -0.3 is 5.11 Å². The van der Waals surface area contributed by atoms with Crippen molar-refractivity contribution in [3.63, 3.8) is 0 Å². The number of hydrogen-bond donors (Lipinski definition) is 1. The van der Waals surface area contributed by atoms with Crippen molar-refractivity contribution < 1.29 is 5.11 Å². The van der Waals surface area contributed by atoms with Crippen molar-refractivity contribution in [1.82, 2.24) is 0 Å². The van der Waals surface area contributed by atoms with Gasteiger partial charge in [-0.05, 0) is 18.1 Å². The zero-order valence-corrected chi connectivity index (χ0v) is 8.39. The zero-order valence-electron chi connectivity index (χ0n) is 7.57. The molecule has 0 aliphatic carbocycles. The Kier molecular flexibility index (Phi) is 4.65. The molecule has 1 aromatic carbocycles. The molecule has 1 rings (SSSR count). The van der Waals surface area contributed by atoms with Crippen molar-refractivity contribution in [2.24, 2.45) is 0 Å². The number of allylic oxidation sites excluding steroid dienone is 1. The van der Waals surface area contributed by atoms with Crippen LogP contribution in [-0.4, -0.2) is 10.9 Å². The summed E-state index contributed by atoms with van der Waals surface area (Å²) in [6, 6.07) is 7.94. The summed E-state index contributed by atoms with van der Waals surface area (Å²) in [5.74, 6) is 1.03. The monoisotopic (exact) mass is 194 g/mol. The van der Waals surface area contributed by atoms with Crippen LogP contribution in [0.4, 0.5) is 0 Å². The summed E-state index contributed by atoms with van der Waals surface area (Å²) >= 11 is 1.76. The highest BCUT2D eigenvalue weighted by atomic mass is 32.2. The van der Waals surface area contributed by atoms with Gasteiger partial charge in [0.05, 0.1) is 6.61 Å². The van der Waals surface area contributed by atoms with Gasteiger partial charge in [0.2, 0.25) is 0 Å². The van der Waals surface area contributed by atoms with E-state index in [2.05, 4.69) is 6.58 Å². The third kappa shape index (κ3) is 3.25. The molecule has 2 heteroatoms. The Hall–Kier alpha value is -0.730. The van der Waals surface area contributed by atoms with Gasteiger partial charge in [0.25, 0.3) is 0 Å². The molecule has 13 heavy (non-hydrogen) atoms. The van der Waals surface area contributed by atoms with Crippen LogP contribution >= 0.6 is 11.8 Å². The number of thioether (sulfide) groups is 1. The summed E-state index contributed by atoms with van der Waals surface area (Å²) in [6.45, 7) is 3.79. The van der Waals surface area contributed by atoms with Crippen LogP contribution in [0.2, 0.25) is 0 Å². The first-order chi connectivity index (χ1) is 6.38. The average Bonchev–Trinajstić information content (AvgIpc) is 2.19. The van der Waals surface area contributed by atoms with Crippen LogP contribution in [0.25, 0.3) is 0 Å². The molecule has 1 aromatic rings. The van der Waals surface area contributed by atoms with E-state index in [1.165, 1.54) is 4.90 Å². The van der Waals surface area contributed by atoms with Gasteiger partial charge in [-0.25, -0.2) is 0 Å². The molecule has 0 saturated heterocycles. The second-order valence-electron chi connectivity index (χ2n) is 2.69. The lowest BCUT2D eigenvalue weighted by atomic mass is 10.2. The van der Waals surface area contributed by atoms with Crippen LogP contribution in [0, 0.1) is 0 Å². The van der Waals surface area contributed by atoms with E-state index in [-0.39, 0.29) is 6.61 Å². The van der Waals surface area contributed by atoms with E-state index in [0.717, 1.165) is 17.7 Å². The maximum Gasteiger partial charge on any atom is 0.0692 e. The summed E-state index contributed by atoms with van der Waals surface area (Å²) in [6.07, 6.45) is 2.92. The molecule has 0 bridgehead atoms. The summed E-state index contributed by atoms with van der Waals surface area (Å²) < 4.78 is 0. The molecule has 0 atom stereocenters. The first kappa shape index (κ1) is 10.4. The Balaban J connectivity index is 2.58. The SMILES string of the molecule is C=CCCSc1ccccc1CO. The second kappa shape index (κ2) is 5.84. The topological polar surface area (TPSA) is 20.2 Å². The first-order valence-corrected chi connectivity index (χ1v) is 5.29. The van der Waals surface area contributed by atoms with Crippen LogP contribution in [0.5, 0.6) is 0 Å². The summed E-state index contributed by atoms with van der Waals surface area (Å²) in [4.78, 5) is 1.17.